The van der Waals surface area contributed by atoms with E-state index in [9.17, 15) is 14.9 Å². The van der Waals surface area contributed by atoms with Crippen molar-refractivity contribution in [2.75, 3.05) is 12.4 Å². The van der Waals surface area contributed by atoms with Crippen LogP contribution in [0.1, 0.15) is 15.9 Å². The number of ether oxygens (including phenoxy) is 1. The molecular weight excluding hydrogens is 487 g/mol. The number of benzene rings is 2. The highest BCUT2D eigenvalue weighted by Crippen LogP contribution is 2.29. The van der Waals surface area contributed by atoms with Gasteiger partial charge in [-0.2, -0.15) is 5.10 Å². The molecule has 0 aliphatic carbocycles. The van der Waals surface area contributed by atoms with Crippen molar-refractivity contribution in [1.29, 1.82) is 0 Å². The average molecular weight is 500 g/mol. The van der Waals surface area contributed by atoms with Crippen LogP contribution >= 0.6 is 39.1 Å². The lowest BCUT2D eigenvalue weighted by molar-refractivity contribution is -0.385. The van der Waals surface area contributed by atoms with Crippen LogP contribution in [0, 0.1) is 10.1 Å². The Balaban J connectivity index is 1.79. The lowest BCUT2D eigenvalue weighted by Gasteiger charge is -2.06. The van der Waals surface area contributed by atoms with E-state index in [4.69, 9.17) is 27.9 Å². The maximum absolute atomic E-state index is 12.5. The van der Waals surface area contributed by atoms with E-state index in [1.165, 1.54) is 19.2 Å². The molecule has 0 fully saturated rings. The van der Waals surface area contributed by atoms with Gasteiger partial charge in [-0.15, -0.1) is 0 Å². The van der Waals surface area contributed by atoms with Crippen molar-refractivity contribution in [2.24, 2.45) is 0 Å². The second-order valence-electron chi connectivity index (χ2n) is 5.86. The summed E-state index contributed by atoms with van der Waals surface area (Å²) in [5, 5.41) is 19.1. The molecule has 3 aromatic rings. The first-order valence-electron chi connectivity index (χ1n) is 8.09. The SMILES string of the molecule is COc1ccc(C(=O)Nc2nn(Cc3ccc(Cl)cc3Cl)cc2Br)cc1[N+](=O)[O-]. The van der Waals surface area contributed by atoms with Gasteiger partial charge in [-0.3, -0.25) is 19.6 Å². The summed E-state index contributed by atoms with van der Waals surface area (Å²) in [6.45, 7) is 0.360. The summed E-state index contributed by atoms with van der Waals surface area (Å²) in [4.78, 5) is 23.0. The first-order valence-corrected chi connectivity index (χ1v) is 9.64. The number of nitrogens with one attached hydrogen (secondary N) is 1. The number of nitro groups is 1. The van der Waals surface area contributed by atoms with Gasteiger partial charge >= 0.3 is 5.69 Å². The molecule has 0 spiro atoms. The van der Waals surface area contributed by atoms with Crippen molar-refractivity contribution < 1.29 is 14.5 Å². The zero-order valence-electron chi connectivity index (χ0n) is 14.9. The Morgan fingerprint density at radius 1 is 1.31 bits per heavy atom. The maximum atomic E-state index is 12.5. The fraction of sp³-hybridized carbons (Fsp3) is 0.111. The third-order valence-electron chi connectivity index (χ3n) is 3.93. The number of nitrogens with zero attached hydrogens (tertiary/aromatic N) is 3. The predicted octanol–water partition coefficient (Wildman–Crippen LogP) is 5.17. The Labute approximate surface area is 183 Å². The molecule has 150 valence electrons. The fourth-order valence-corrected chi connectivity index (χ4v) is 3.42. The lowest BCUT2D eigenvalue weighted by atomic mass is 10.1. The van der Waals surface area contributed by atoms with Crippen LogP contribution in [0.3, 0.4) is 0 Å². The minimum absolute atomic E-state index is 0.0665. The van der Waals surface area contributed by atoms with Crippen molar-refractivity contribution in [3.8, 4) is 5.75 Å². The second-order valence-corrected chi connectivity index (χ2v) is 7.55. The van der Waals surface area contributed by atoms with E-state index in [0.29, 0.717) is 21.1 Å². The van der Waals surface area contributed by atoms with Crippen LogP contribution in [0.15, 0.2) is 47.1 Å². The van der Waals surface area contributed by atoms with Crippen LogP contribution in [-0.2, 0) is 6.54 Å². The molecule has 0 aliphatic heterocycles. The molecule has 0 saturated heterocycles. The zero-order chi connectivity index (χ0) is 21.1. The Hall–Kier alpha value is -2.62. The van der Waals surface area contributed by atoms with E-state index >= 15 is 0 Å². The van der Waals surface area contributed by atoms with Crippen molar-refractivity contribution in [3.63, 3.8) is 0 Å². The smallest absolute Gasteiger partial charge is 0.311 e. The van der Waals surface area contributed by atoms with Crippen LogP contribution < -0.4 is 10.1 Å². The molecule has 29 heavy (non-hydrogen) atoms. The molecule has 11 heteroatoms. The van der Waals surface area contributed by atoms with E-state index < -0.39 is 10.8 Å². The molecule has 2 aromatic carbocycles. The van der Waals surface area contributed by atoms with Gasteiger partial charge in [0, 0.05) is 27.9 Å². The molecule has 3 rings (SSSR count). The summed E-state index contributed by atoms with van der Waals surface area (Å²) in [5.41, 5.74) is 0.594. The van der Waals surface area contributed by atoms with Gasteiger partial charge in [0.25, 0.3) is 5.91 Å². The molecule has 8 nitrogen and oxygen atoms in total. The van der Waals surface area contributed by atoms with Gasteiger partial charge in [-0.1, -0.05) is 29.3 Å². The molecule has 1 heterocycles. The van der Waals surface area contributed by atoms with Gasteiger partial charge in [-0.25, -0.2) is 0 Å². The topological polar surface area (TPSA) is 99.3 Å². The van der Waals surface area contributed by atoms with E-state index in [0.717, 1.165) is 11.6 Å². The number of methoxy groups -OCH3 is 1. The van der Waals surface area contributed by atoms with Gasteiger partial charge < -0.3 is 10.1 Å². The van der Waals surface area contributed by atoms with Gasteiger partial charge in [-0.05, 0) is 45.8 Å². The quantitative estimate of drug-likeness (QED) is 0.372. The van der Waals surface area contributed by atoms with E-state index in [1.54, 1.807) is 29.1 Å². The van der Waals surface area contributed by atoms with Crippen molar-refractivity contribution >= 4 is 56.5 Å². The molecule has 0 bridgehead atoms. The number of carbonyl (C=O) groups is 1. The number of aromatic nitrogens is 2. The Morgan fingerprint density at radius 3 is 2.72 bits per heavy atom. The number of carbonyl (C=O) groups excluding carboxylic acids is 1. The maximum Gasteiger partial charge on any atom is 0.311 e. The number of hydrogen-bond donors (Lipinski definition) is 1. The van der Waals surface area contributed by atoms with Crippen molar-refractivity contribution in [3.05, 3.63) is 78.4 Å². The van der Waals surface area contributed by atoms with E-state index in [2.05, 4.69) is 26.3 Å². The number of anilines is 1. The number of rotatable bonds is 6. The summed E-state index contributed by atoms with van der Waals surface area (Å²) < 4.78 is 7.07. The third kappa shape index (κ3) is 4.87. The number of nitro benzene ring substituents is 1. The first kappa shape index (κ1) is 21.1. The molecular formula is C18H13BrCl2N4O4. The van der Waals surface area contributed by atoms with Gasteiger partial charge in [0.2, 0.25) is 0 Å². The lowest BCUT2D eigenvalue weighted by Crippen LogP contribution is -2.13. The Morgan fingerprint density at radius 2 is 2.07 bits per heavy atom. The summed E-state index contributed by atoms with van der Waals surface area (Å²) in [6.07, 6.45) is 1.68. The van der Waals surface area contributed by atoms with Gasteiger partial charge in [0.1, 0.15) is 0 Å². The molecule has 0 saturated carbocycles. The monoisotopic (exact) mass is 498 g/mol. The molecule has 0 unspecified atom stereocenters. The van der Waals surface area contributed by atoms with E-state index in [1.807, 2.05) is 0 Å². The number of halogens is 3. The Kier molecular flexibility index (Phi) is 6.41. The van der Waals surface area contributed by atoms with Gasteiger partial charge in [0.05, 0.1) is 23.1 Å². The molecule has 1 amide bonds. The van der Waals surface area contributed by atoms with Crippen LogP contribution in [0.2, 0.25) is 10.0 Å². The predicted molar refractivity (Wildman–Crippen MR) is 113 cm³/mol. The summed E-state index contributed by atoms with van der Waals surface area (Å²) in [7, 11) is 1.32. The number of hydrogen-bond acceptors (Lipinski definition) is 5. The van der Waals surface area contributed by atoms with Crippen molar-refractivity contribution in [1.82, 2.24) is 9.78 Å². The molecule has 0 radical (unpaired) electrons. The number of amides is 1. The van der Waals surface area contributed by atoms with E-state index in [-0.39, 0.29) is 22.8 Å². The largest absolute Gasteiger partial charge is 0.490 e. The zero-order valence-corrected chi connectivity index (χ0v) is 18.0. The third-order valence-corrected chi connectivity index (χ3v) is 5.10. The van der Waals surface area contributed by atoms with Crippen LogP contribution in [0.4, 0.5) is 11.5 Å². The summed E-state index contributed by atoms with van der Waals surface area (Å²) in [6, 6.07) is 9.08. The minimum Gasteiger partial charge on any atom is -0.490 e. The Bertz CT molecular complexity index is 1100. The normalized spacial score (nSPS) is 10.6. The summed E-state index contributed by atoms with van der Waals surface area (Å²) >= 11 is 15.4. The van der Waals surface area contributed by atoms with Crippen LogP contribution in [0.25, 0.3) is 0 Å². The van der Waals surface area contributed by atoms with Gasteiger partial charge in [0.15, 0.2) is 11.6 Å². The molecule has 0 atom stereocenters. The molecule has 0 aliphatic rings. The highest BCUT2D eigenvalue weighted by atomic mass is 79.9. The highest BCUT2D eigenvalue weighted by molar-refractivity contribution is 9.10. The second kappa shape index (κ2) is 8.81. The molecule has 1 aromatic heterocycles. The van der Waals surface area contributed by atoms with Crippen molar-refractivity contribution in [2.45, 2.75) is 6.54 Å². The molecule has 1 N–H and O–H groups in total. The van der Waals surface area contributed by atoms with Crippen LogP contribution in [0.5, 0.6) is 5.75 Å². The average Bonchev–Trinajstić information content (AvgIpc) is 3.02. The van der Waals surface area contributed by atoms with Crippen LogP contribution in [-0.4, -0.2) is 27.7 Å². The minimum atomic E-state index is -0.615. The highest BCUT2D eigenvalue weighted by Gasteiger charge is 2.19. The summed E-state index contributed by atoms with van der Waals surface area (Å²) in [5.74, 6) is -0.221. The standard InChI is InChI=1S/C18H13BrCl2N4O4/c1-29-16-5-3-10(6-15(16)25(27)28)18(26)22-17-13(19)9-24(23-17)8-11-2-4-12(20)7-14(11)21/h2-7,9H,8H2,1H3,(H,22,23,26). The first-order chi connectivity index (χ1) is 13.8. The fourth-order valence-electron chi connectivity index (χ4n) is 2.54.